The zero-order chi connectivity index (χ0) is 24.5. The van der Waals surface area contributed by atoms with Crippen LogP contribution in [0.1, 0.15) is 17.2 Å². The molecular weight excluding hydrogens is 451 g/mol. The number of aliphatic hydroxyl groups is 1. The Balaban J connectivity index is 1.66. The molecule has 0 saturated carbocycles. The van der Waals surface area contributed by atoms with E-state index in [2.05, 4.69) is 5.16 Å². The summed E-state index contributed by atoms with van der Waals surface area (Å²) in [5.74, 6) is -2.24. The van der Waals surface area contributed by atoms with Gasteiger partial charge in [-0.2, -0.15) is 0 Å². The van der Waals surface area contributed by atoms with Crippen molar-refractivity contribution in [3.8, 4) is 17.0 Å². The van der Waals surface area contributed by atoms with Crippen molar-refractivity contribution in [1.82, 2.24) is 5.16 Å². The Kier molecular flexibility index (Phi) is 5.62. The van der Waals surface area contributed by atoms with Gasteiger partial charge in [0.05, 0.1) is 18.7 Å². The first kappa shape index (κ1) is 22.1. The van der Waals surface area contributed by atoms with E-state index in [0.717, 1.165) is 5.56 Å². The second-order valence-corrected chi connectivity index (χ2v) is 7.85. The Morgan fingerprint density at radius 3 is 2.34 bits per heavy atom. The molecule has 1 aromatic heterocycles. The van der Waals surface area contributed by atoms with Crippen LogP contribution in [0.25, 0.3) is 17.0 Å². The molecule has 8 heteroatoms. The molecule has 1 aliphatic rings. The first-order valence-corrected chi connectivity index (χ1v) is 10.7. The number of rotatable bonds is 5. The van der Waals surface area contributed by atoms with Gasteiger partial charge in [-0.05, 0) is 42.5 Å². The number of Topliss-reactive ketones (excluding diaryl/α,β-unsaturated/α-hetero) is 1. The van der Waals surface area contributed by atoms with Crippen molar-refractivity contribution in [2.75, 3.05) is 12.0 Å². The average Bonchev–Trinajstić information content (AvgIpc) is 3.51. The van der Waals surface area contributed by atoms with Crippen LogP contribution in [0.5, 0.6) is 5.75 Å². The minimum Gasteiger partial charge on any atom is -0.507 e. The Hall–Kier alpha value is -4.72. The van der Waals surface area contributed by atoms with Crippen LogP contribution < -0.4 is 9.64 Å². The number of ether oxygens (including phenoxy) is 1. The molecule has 0 radical (unpaired) electrons. The number of aliphatic hydroxyl groups excluding tert-OH is 1. The Morgan fingerprint density at radius 1 is 1.00 bits per heavy atom. The molecule has 0 bridgehead atoms. The van der Waals surface area contributed by atoms with Crippen molar-refractivity contribution in [3.05, 3.63) is 108 Å². The van der Waals surface area contributed by atoms with Crippen LogP contribution in [0.4, 0.5) is 10.1 Å². The molecule has 1 aliphatic heterocycles. The van der Waals surface area contributed by atoms with E-state index < -0.39 is 29.3 Å². The number of aromatic nitrogens is 1. The SMILES string of the molecule is COc1ccc(/C(O)=C2/C(=O)C(=O)N(c3ccc(-c4ccon4)cc3)C2c2ccccc2F)cc1. The van der Waals surface area contributed by atoms with Crippen molar-refractivity contribution in [2.24, 2.45) is 0 Å². The van der Waals surface area contributed by atoms with Crippen LogP contribution in [-0.2, 0) is 9.59 Å². The summed E-state index contributed by atoms with van der Waals surface area (Å²) in [5.41, 5.74) is 1.88. The van der Waals surface area contributed by atoms with Gasteiger partial charge in [0.25, 0.3) is 11.7 Å². The zero-order valence-corrected chi connectivity index (χ0v) is 18.5. The van der Waals surface area contributed by atoms with Gasteiger partial charge >= 0.3 is 0 Å². The van der Waals surface area contributed by atoms with E-state index in [-0.39, 0.29) is 11.1 Å². The van der Waals surface area contributed by atoms with Crippen molar-refractivity contribution in [2.45, 2.75) is 6.04 Å². The molecule has 3 aromatic carbocycles. The van der Waals surface area contributed by atoms with Crippen LogP contribution in [0, 0.1) is 5.82 Å². The van der Waals surface area contributed by atoms with Gasteiger partial charge < -0.3 is 14.4 Å². The third-order valence-electron chi connectivity index (χ3n) is 5.89. The van der Waals surface area contributed by atoms with Crippen LogP contribution in [-0.4, -0.2) is 29.1 Å². The molecular formula is C27H19FN2O5. The zero-order valence-electron chi connectivity index (χ0n) is 18.5. The Labute approximate surface area is 199 Å². The van der Waals surface area contributed by atoms with Crippen LogP contribution in [0.3, 0.4) is 0 Å². The highest BCUT2D eigenvalue weighted by Crippen LogP contribution is 2.43. The maximum Gasteiger partial charge on any atom is 0.300 e. The number of nitrogens with zero attached hydrogens (tertiary/aromatic N) is 2. The molecule has 4 aromatic rings. The predicted octanol–water partition coefficient (Wildman–Crippen LogP) is 5.12. The van der Waals surface area contributed by atoms with Crippen molar-refractivity contribution in [3.63, 3.8) is 0 Å². The first-order chi connectivity index (χ1) is 17.0. The smallest absolute Gasteiger partial charge is 0.300 e. The Morgan fingerprint density at radius 2 is 1.71 bits per heavy atom. The lowest BCUT2D eigenvalue weighted by Crippen LogP contribution is -2.29. The van der Waals surface area contributed by atoms with E-state index in [1.54, 1.807) is 60.7 Å². The number of hydrogen-bond acceptors (Lipinski definition) is 6. The second-order valence-electron chi connectivity index (χ2n) is 7.85. The monoisotopic (exact) mass is 470 g/mol. The van der Waals surface area contributed by atoms with Crippen LogP contribution in [0.2, 0.25) is 0 Å². The molecule has 174 valence electrons. The van der Waals surface area contributed by atoms with E-state index in [1.807, 2.05) is 0 Å². The number of methoxy groups -OCH3 is 1. The second kappa shape index (κ2) is 8.90. The van der Waals surface area contributed by atoms with Gasteiger partial charge in [0.15, 0.2) is 0 Å². The van der Waals surface area contributed by atoms with Crippen molar-refractivity contribution < 1.29 is 28.3 Å². The standard InChI is InChI=1S/C27H19FN2O5/c1-34-19-12-8-17(9-13-19)25(31)23-24(20-4-2-3-5-21(20)28)30(27(33)26(23)32)18-10-6-16(7-11-18)22-14-15-35-29-22/h2-15,24,31H,1H3/b25-23-. The largest absolute Gasteiger partial charge is 0.507 e. The lowest BCUT2D eigenvalue weighted by atomic mass is 9.94. The third kappa shape index (κ3) is 3.85. The van der Waals surface area contributed by atoms with E-state index in [0.29, 0.717) is 22.7 Å². The van der Waals surface area contributed by atoms with Crippen LogP contribution in [0.15, 0.2) is 95.2 Å². The topological polar surface area (TPSA) is 92.9 Å². The van der Waals surface area contributed by atoms with Gasteiger partial charge in [-0.1, -0.05) is 35.5 Å². The van der Waals surface area contributed by atoms with E-state index in [1.165, 1.54) is 36.5 Å². The number of hydrogen-bond donors (Lipinski definition) is 1. The highest BCUT2D eigenvalue weighted by Gasteiger charge is 2.47. The summed E-state index contributed by atoms with van der Waals surface area (Å²) >= 11 is 0. The molecule has 0 spiro atoms. The molecule has 2 heterocycles. The molecule has 5 rings (SSSR count). The summed E-state index contributed by atoms with van der Waals surface area (Å²) in [7, 11) is 1.51. The quantitative estimate of drug-likeness (QED) is 0.247. The highest BCUT2D eigenvalue weighted by atomic mass is 19.1. The van der Waals surface area contributed by atoms with Gasteiger partial charge in [-0.15, -0.1) is 0 Å². The lowest BCUT2D eigenvalue weighted by Gasteiger charge is -2.26. The van der Waals surface area contributed by atoms with Crippen molar-refractivity contribution in [1.29, 1.82) is 0 Å². The number of anilines is 1. The summed E-state index contributed by atoms with van der Waals surface area (Å²) in [6.45, 7) is 0. The number of benzene rings is 3. The van der Waals surface area contributed by atoms with Gasteiger partial charge in [0.2, 0.25) is 0 Å². The van der Waals surface area contributed by atoms with E-state index in [4.69, 9.17) is 9.26 Å². The van der Waals surface area contributed by atoms with E-state index >= 15 is 0 Å². The van der Waals surface area contributed by atoms with Crippen molar-refractivity contribution >= 4 is 23.1 Å². The molecule has 0 aliphatic carbocycles. The molecule has 1 fully saturated rings. The number of halogens is 1. The number of carbonyl (C=O) groups excluding carboxylic acids is 2. The minimum atomic E-state index is -1.17. The Bertz CT molecular complexity index is 1430. The maximum absolute atomic E-state index is 15.0. The summed E-state index contributed by atoms with van der Waals surface area (Å²) in [6, 6.07) is 19.4. The molecule has 1 unspecified atom stereocenters. The predicted molar refractivity (Wildman–Crippen MR) is 126 cm³/mol. The van der Waals surface area contributed by atoms with Gasteiger partial charge in [-0.25, -0.2) is 4.39 Å². The van der Waals surface area contributed by atoms with E-state index in [9.17, 15) is 19.1 Å². The molecule has 1 saturated heterocycles. The summed E-state index contributed by atoms with van der Waals surface area (Å²) < 4.78 is 25.0. The maximum atomic E-state index is 15.0. The fraction of sp³-hybridized carbons (Fsp3) is 0.0741. The molecule has 1 N–H and O–H groups in total. The third-order valence-corrected chi connectivity index (χ3v) is 5.89. The van der Waals surface area contributed by atoms with Gasteiger partial charge in [-0.3, -0.25) is 14.5 Å². The summed E-state index contributed by atoms with van der Waals surface area (Å²) in [4.78, 5) is 27.6. The molecule has 1 atom stereocenters. The van der Waals surface area contributed by atoms with Gasteiger partial charge in [0, 0.05) is 28.4 Å². The number of carbonyl (C=O) groups is 2. The molecule has 35 heavy (non-hydrogen) atoms. The van der Waals surface area contributed by atoms with Crippen LogP contribution >= 0.6 is 0 Å². The minimum absolute atomic E-state index is 0.0855. The molecule has 1 amide bonds. The average molecular weight is 470 g/mol. The summed E-state index contributed by atoms with van der Waals surface area (Å²) in [6.07, 6.45) is 1.44. The highest BCUT2D eigenvalue weighted by molar-refractivity contribution is 6.51. The normalized spacial score (nSPS) is 17.1. The fourth-order valence-corrected chi connectivity index (χ4v) is 4.15. The number of amides is 1. The fourth-order valence-electron chi connectivity index (χ4n) is 4.15. The first-order valence-electron chi connectivity index (χ1n) is 10.7. The lowest BCUT2D eigenvalue weighted by molar-refractivity contribution is -0.132. The van der Waals surface area contributed by atoms with Gasteiger partial charge in [0.1, 0.15) is 29.3 Å². The summed E-state index contributed by atoms with van der Waals surface area (Å²) in [5, 5.41) is 15.0. The molecule has 7 nitrogen and oxygen atoms in total. The number of ketones is 1.